The molecule has 0 bridgehead atoms. The van der Waals surface area contributed by atoms with Crippen LogP contribution in [0.25, 0.3) is 5.65 Å². The van der Waals surface area contributed by atoms with Crippen molar-refractivity contribution in [2.24, 2.45) is 0 Å². The van der Waals surface area contributed by atoms with E-state index in [0.29, 0.717) is 0 Å². The fourth-order valence-corrected chi connectivity index (χ4v) is 2.61. The lowest BCUT2D eigenvalue weighted by Crippen LogP contribution is -2.51. The molecule has 0 spiro atoms. The molecule has 2 aromatic heterocycles. The van der Waals surface area contributed by atoms with Gasteiger partial charge in [-0.2, -0.15) is 4.39 Å². The van der Waals surface area contributed by atoms with Gasteiger partial charge in [-0.25, -0.2) is 27.7 Å². The number of ether oxygens (including phenoxy) is 1. The van der Waals surface area contributed by atoms with Gasteiger partial charge in [-0.3, -0.25) is 0 Å². The molecule has 23 heavy (non-hydrogen) atoms. The molecule has 1 saturated heterocycles. The Bertz CT molecular complexity index is 742. The highest BCUT2D eigenvalue weighted by Gasteiger charge is 2.61. The van der Waals surface area contributed by atoms with E-state index in [2.05, 4.69) is 15.1 Å². The zero-order valence-corrected chi connectivity index (χ0v) is 11.7. The van der Waals surface area contributed by atoms with Gasteiger partial charge < -0.3 is 14.9 Å². The molecule has 1 aliphatic heterocycles. The third kappa shape index (κ3) is 2.18. The van der Waals surface area contributed by atoms with E-state index in [-0.39, 0.29) is 17.0 Å². The summed E-state index contributed by atoms with van der Waals surface area (Å²) in [6.07, 6.45) is -9.64. The van der Waals surface area contributed by atoms with Crippen LogP contribution in [-0.2, 0) is 4.74 Å². The Labute approximate surface area is 126 Å². The molecule has 0 saturated carbocycles. The van der Waals surface area contributed by atoms with Gasteiger partial charge in [-0.05, 0) is 6.92 Å². The lowest BCUT2D eigenvalue weighted by atomic mass is 9.96. The quantitative estimate of drug-likeness (QED) is 0.785. The number of nitrogens with zero attached hydrogens (tertiary/aromatic N) is 4. The van der Waals surface area contributed by atoms with Crippen molar-refractivity contribution in [3.63, 3.8) is 0 Å². The number of aryl methyl sites for hydroxylation is 1. The van der Waals surface area contributed by atoms with Crippen molar-refractivity contribution in [3.05, 3.63) is 23.7 Å². The number of fused-ring (bicyclic) bond motifs is 1. The average molecular weight is 336 g/mol. The molecule has 2 aromatic rings. The van der Waals surface area contributed by atoms with Crippen molar-refractivity contribution in [1.82, 2.24) is 19.6 Å². The Hall–Kier alpha value is -1.85. The minimum absolute atomic E-state index is 0.0882. The summed E-state index contributed by atoms with van der Waals surface area (Å²) in [6, 6.07) is 0. The second kappa shape index (κ2) is 5.35. The van der Waals surface area contributed by atoms with Crippen LogP contribution in [0.1, 0.15) is 17.5 Å². The third-order valence-electron chi connectivity index (χ3n) is 3.88. The maximum Gasteiger partial charge on any atom is 0.326 e. The molecular weight excluding hydrogens is 324 g/mol. The van der Waals surface area contributed by atoms with E-state index in [4.69, 9.17) is 9.84 Å². The monoisotopic (exact) mass is 336 g/mol. The van der Waals surface area contributed by atoms with Gasteiger partial charge in [0.15, 0.2) is 17.4 Å². The lowest BCUT2D eigenvalue weighted by Gasteiger charge is -2.28. The molecule has 2 N–H and O–H groups in total. The van der Waals surface area contributed by atoms with Crippen molar-refractivity contribution in [1.29, 1.82) is 0 Å². The topological polar surface area (TPSA) is 92.8 Å². The van der Waals surface area contributed by atoms with Crippen LogP contribution in [0.15, 0.2) is 6.20 Å². The van der Waals surface area contributed by atoms with E-state index in [0.717, 1.165) is 10.7 Å². The van der Waals surface area contributed by atoms with Gasteiger partial charge in [0.2, 0.25) is 0 Å². The number of aliphatic hydroxyl groups is 2. The summed E-state index contributed by atoms with van der Waals surface area (Å²) in [7, 11) is 0. The summed E-state index contributed by atoms with van der Waals surface area (Å²) in [5, 5.41) is 22.3. The Morgan fingerprint density at radius 2 is 2.17 bits per heavy atom. The maximum atomic E-state index is 14.3. The van der Waals surface area contributed by atoms with Crippen molar-refractivity contribution >= 4 is 5.65 Å². The normalized spacial score (nSPS) is 31.4. The van der Waals surface area contributed by atoms with Crippen molar-refractivity contribution in [2.75, 3.05) is 6.61 Å². The summed E-state index contributed by atoms with van der Waals surface area (Å²) in [6.45, 7) is 0.146. The largest absolute Gasteiger partial charge is 0.393 e. The molecule has 1 fully saturated rings. The summed E-state index contributed by atoms with van der Waals surface area (Å²) >= 11 is 0. The van der Waals surface area contributed by atoms with Crippen LogP contribution < -0.4 is 0 Å². The Balaban J connectivity index is 2.09. The van der Waals surface area contributed by atoms with E-state index in [1.54, 1.807) is 0 Å². The summed E-state index contributed by atoms with van der Waals surface area (Å²) in [5.41, 5.74) is -2.70. The van der Waals surface area contributed by atoms with Crippen molar-refractivity contribution in [2.45, 2.75) is 37.3 Å². The molecule has 126 valence electrons. The molecule has 1 aliphatic rings. The number of hydrogen-bond donors (Lipinski definition) is 2. The fraction of sp³-hybridized carbons (Fsp3) is 0.583. The number of imidazole rings is 1. The Morgan fingerprint density at radius 3 is 2.74 bits per heavy atom. The van der Waals surface area contributed by atoms with Gasteiger partial charge in [0.25, 0.3) is 6.43 Å². The number of hydrogen-bond acceptors (Lipinski definition) is 6. The smallest absolute Gasteiger partial charge is 0.326 e. The maximum absolute atomic E-state index is 14.3. The van der Waals surface area contributed by atoms with Crippen LogP contribution in [0.3, 0.4) is 0 Å². The highest BCUT2D eigenvalue weighted by atomic mass is 19.3. The first-order chi connectivity index (χ1) is 10.8. The Morgan fingerprint density at radius 1 is 1.48 bits per heavy atom. The molecule has 4 atom stereocenters. The van der Waals surface area contributed by atoms with Gasteiger partial charge in [-0.15, -0.1) is 5.10 Å². The van der Waals surface area contributed by atoms with Crippen LogP contribution in [0.4, 0.5) is 17.6 Å². The van der Waals surface area contributed by atoms with Gasteiger partial charge in [0, 0.05) is 0 Å². The first-order valence-corrected chi connectivity index (χ1v) is 6.58. The average Bonchev–Trinajstić information content (AvgIpc) is 3.01. The predicted molar refractivity (Wildman–Crippen MR) is 66.0 cm³/mol. The molecule has 3 rings (SSSR count). The zero-order chi connectivity index (χ0) is 16.9. The standard InChI is InChI=1S/C12H12F4N4O3/c1-4-9-17-2-5(20(9)19-11(16)18-4)7-6(13)8(22)12(3-21,23-7)10(14)15/h2,6-8,10,21-22H,3H2,1H3/t6-,7-,8-,12+/m0/s1. The predicted octanol–water partition coefficient (Wildman–Crippen LogP) is 0.338. The number of aliphatic hydroxyl groups excluding tert-OH is 2. The van der Waals surface area contributed by atoms with Gasteiger partial charge in [-0.1, -0.05) is 0 Å². The van der Waals surface area contributed by atoms with Gasteiger partial charge in [0.05, 0.1) is 24.2 Å². The molecule has 0 radical (unpaired) electrons. The SMILES string of the molecule is Cc1nc(F)nn2c([C@@H]3O[C@@](CO)(C(F)F)[C@@H](O)[C@H]3F)cnc12. The molecule has 0 amide bonds. The summed E-state index contributed by atoms with van der Waals surface area (Å²) in [5.74, 6) is 0. The van der Waals surface area contributed by atoms with Crippen molar-refractivity contribution in [3.8, 4) is 0 Å². The van der Waals surface area contributed by atoms with E-state index in [1.165, 1.54) is 6.92 Å². The van der Waals surface area contributed by atoms with Crippen LogP contribution in [-0.4, -0.2) is 60.7 Å². The van der Waals surface area contributed by atoms with E-state index in [1.807, 2.05) is 0 Å². The first-order valence-electron chi connectivity index (χ1n) is 6.58. The molecule has 0 unspecified atom stereocenters. The third-order valence-corrected chi connectivity index (χ3v) is 3.88. The second-order valence-corrected chi connectivity index (χ2v) is 5.23. The number of alkyl halides is 3. The molecular formula is C12H12F4N4O3. The Kier molecular flexibility index (Phi) is 3.73. The minimum atomic E-state index is -3.34. The molecule has 0 aromatic carbocycles. The van der Waals surface area contributed by atoms with Gasteiger partial charge >= 0.3 is 6.08 Å². The number of aromatic nitrogens is 4. The fourth-order valence-electron chi connectivity index (χ4n) is 2.61. The van der Waals surface area contributed by atoms with Gasteiger partial charge in [0.1, 0.15) is 12.2 Å². The lowest BCUT2D eigenvalue weighted by molar-refractivity contribution is -0.186. The highest BCUT2D eigenvalue weighted by molar-refractivity contribution is 5.43. The number of halogens is 4. The van der Waals surface area contributed by atoms with Crippen LogP contribution in [0.2, 0.25) is 0 Å². The minimum Gasteiger partial charge on any atom is -0.393 e. The zero-order valence-electron chi connectivity index (χ0n) is 11.7. The summed E-state index contributed by atoms with van der Waals surface area (Å²) in [4.78, 5) is 7.32. The van der Waals surface area contributed by atoms with E-state index in [9.17, 15) is 22.7 Å². The number of rotatable bonds is 3. The molecule has 11 heteroatoms. The second-order valence-electron chi connectivity index (χ2n) is 5.23. The molecule has 7 nitrogen and oxygen atoms in total. The summed E-state index contributed by atoms with van der Waals surface area (Å²) < 4.78 is 59.8. The molecule has 3 heterocycles. The van der Waals surface area contributed by atoms with E-state index >= 15 is 0 Å². The highest BCUT2D eigenvalue weighted by Crippen LogP contribution is 2.44. The van der Waals surface area contributed by atoms with Crippen LogP contribution in [0, 0.1) is 13.0 Å². The van der Waals surface area contributed by atoms with E-state index < -0.39 is 43.1 Å². The van der Waals surface area contributed by atoms with Crippen molar-refractivity contribution < 1.29 is 32.5 Å². The first kappa shape index (κ1) is 16.0. The van der Waals surface area contributed by atoms with Crippen LogP contribution in [0.5, 0.6) is 0 Å². The molecule has 0 aliphatic carbocycles. The van der Waals surface area contributed by atoms with Crippen LogP contribution >= 0.6 is 0 Å².